The van der Waals surface area contributed by atoms with Gasteiger partial charge in [-0.25, -0.2) is 8.42 Å². The molecule has 1 aromatic rings. The van der Waals surface area contributed by atoms with Crippen molar-refractivity contribution in [3.05, 3.63) is 29.8 Å². The first-order valence-electron chi connectivity index (χ1n) is 5.63. The summed E-state index contributed by atoms with van der Waals surface area (Å²) in [5, 5.41) is 0. The zero-order valence-corrected chi connectivity index (χ0v) is 11.0. The maximum absolute atomic E-state index is 11.6. The molecule has 17 heavy (non-hydrogen) atoms. The molecule has 4 nitrogen and oxygen atoms in total. The van der Waals surface area contributed by atoms with Gasteiger partial charge in [0, 0.05) is 12.6 Å². The number of anilines is 1. The van der Waals surface area contributed by atoms with Gasteiger partial charge >= 0.3 is 0 Å². The summed E-state index contributed by atoms with van der Waals surface area (Å²) >= 11 is 0. The van der Waals surface area contributed by atoms with Gasteiger partial charge in [0.05, 0.1) is 11.9 Å². The zero-order valence-electron chi connectivity index (χ0n) is 10.2. The predicted octanol–water partition coefficient (Wildman–Crippen LogP) is 1.12. The van der Waals surface area contributed by atoms with E-state index in [4.69, 9.17) is 5.73 Å². The Hall–Kier alpha value is -1.07. The maximum Gasteiger partial charge on any atom is 0.232 e. The number of sulfonamides is 1. The van der Waals surface area contributed by atoms with E-state index >= 15 is 0 Å². The van der Waals surface area contributed by atoms with Gasteiger partial charge in [0.15, 0.2) is 0 Å². The molecule has 2 N–H and O–H groups in total. The van der Waals surface area contributed by atoms with Crippen molar-refractivity contribution in [2.45, 2.75) is 24.8 Å². The molecule has 94 valence electrons. The van der Waals surface area contributed by atoms with Crippen molar-refractivity contribution < 1.29 is 8.42 Å². The first-order chi connectivity index (χ1) is 7.82. The molecule has 0 heterocycles. The summed E-state index contributed by atoms with van der Waals surface area (Å²) in [6.45, 7) is 0. The van der Waals surface area contributed by atoms with Crippen molar-refractivity contribution in [2.24, 2.45) is 5.73 Å². The van der Waals surface area contributed by atoms with Gasteiger partial charge in [0.2, 0.25) is 10.0 Å². The van der Waals surface area contributed by atoms with E-state index in [0.717, 1.165) is 30.5 Å². The van der Waals surface area contributed by atoms with E-state index < -0.39 is 10.0 Å². The van der Waals surface area contributed by atoms with Crippen LogP contribution in [0.2, 0.25) is 0 Å². The summed E-state index contributed by atoms with van der Waals surface area (Å²) in [7, 11) is -1.65. The van der Waals surface area contributed by atoms with Crippen LogP contribution < -0.4 is 10.0 Å². The minimum atomic E-state index is -3.22. The minimum Gasteiger partial charge on any atom is -0.325 e. The number of nitrogens with two attached hydrogens (primary N) is 1. The van der Waals surface area contributed by atoms with Crippen LogP contribution in [0.1, 0.15) is 18.4 Å². The number of hydrogen-bond donors (Lipinski definition) is 1. The quantitative estimate of drug-likeness (QED) is 0.875. The van der Waals surface area contributed by atoms with E-state index in [1.165, 1.54) is 10.6 Å². The Kier molecular flexibility index (Phi) is 2.91. The zero-order chi connectivity index (χ0) is 12.7. The van der Waals surface area contributed by atoms with E-state index in [0.29, 0.717) is 0 Å². The monoisotopic (exact) mass is 254 g/mol. The summed E-state index contributed by atoms with van der Waals surface area (Å²) in [5.74, 6) is 0. The fourth-order valence-corrected chi connectivity index (χ4v) is 2.40. The van der Waals surface area contributed by atoms with E-state index in [2.05, 4.69) is 0 Å². The molecule has 1 saturated carbocycles. The Balaban J connectivity index is 2.33. The molecule has 0 aromatic heterocycles. The predicted molar refractivity (Wildman–Crippen MR) is 69.5 cm³/mol. The molecule has 5 heteroatoms. The fourth-order valence-electron chi connectivity index (χ4n) is 1.86. The van der Waals surface area contributed by atoms with Gasteiger partial charge in [-0.1, -0.05) is 18.2 Å². The average Bonchev–Trinajstić information content (AvgIpc) is 2.94. The summed E-state index contributed by atoms with van der Waals surface area (Å²) in [6, 6.07) is 7.53. The van der Waals surface area contributed by atoms with Crippen molar-refractivity contribution >= 4 is 15.7 Å². The molecular weight excluding hydrogens is 236 g/mol. The molecule has 0 atom stereocenters. The molecule has 0 aliphatic heterocycles. The maximum atomic E-state index is 11.6. The highest BCUT2D eigenvalue weighted by Gasteiger charge is 2.38. The third-order valence-corrected chi connectivity index (χ3v) is 4.45. The largest absolute Gasteiger partial charge is 0.325 e. The molecular formula is C12H18N2O2S. The van der Waals surface area contributed by atoms with Crippen LogP contribution in [0.25, 0.3) is 0 Å². The minimum absolute atomic E-state index is 0.117. The number of para-hydroxylation sites is 1. The average molecular weight is 254 g/mol. The van der Waals surface area contributed by atoms with Crippen molar-refractivity contribution in [1.29, 1.82) is 0 Å². The molecule has 0 saturated heterocycles. The van der Waals surface area contributed by atoms with Gasteiger partial charge in [-0.05, 0) is 30.9 Å². The fraction of sp³-hybridized carbons (Fsp3) is 0.500. The van der Waals surface area contributed by atoms with Crippen LogP contribution in [0.3, 0.4) is 0 Å². The lowest BCUT2D eigenvalue weighted by Gasteiger charge is -2.21. The van der Waals surface area contributed by atoms with Crippen LogP contribution in [-0.2, 0) is 16.4 Å². The second kappa shape index (κ2) is 3.99. The van der Waals surface area contributed by atoms with Crippen molar-refractivity contribution in [3.8, 4) is 0 Å². The van der Waals surface area contributed by atoms with Crippen molar-refractivity contribution in [2.75, 3.05) is 17.6 Å². The van der Waals surface area contributed by atoms with E-state index in [1.54, 1.807) is 7.05 Å². The smallest absolute Gasteiger partial charge is 0.232 e. The van der Waals surface area contributed by atoms with E-state index in [-0.39, 0.29) is 5.54 Å². The second-order valence-electron chi connectivity index (χ2n) is 4.90. The molecule has 1 aromatic carbocycles. The first-order valence-corrected chi connectivity index (χ1v) is 7.47. The molecule has 0 spiro atoms. The van der Waals surface area contributed by atoms with Gasteiger partial charge in [-0.2, -0.15) is 0 Å². The molecule has 0 radical (unpaired) electrons. The molecule has 0 bridgehead atoms. The molecule has 1 aliphatic carbocycles. The van der Waals surface area contributed by atoms with Crippen LogP contribution in [-0.4, -0.2) is 27.3 Å². The molecule has 0 amide bonds. The normalized spacial score (nSPS) is 17.8. The highest BCUT2D eigenvalue weighted by Crippen LogP contribution is 2.37. The Morgan fingerprint density at radius 3 is 2.47 bits per heavy atom. The third-order valence-electron chi connectivity index (χ3n) is 3.26. The van der Waals surface area contributed by atoms with E-state index in [9.17, 15) is 8.42 Å². The Labute approximate surface area is 102 Å². The summed E-state index contributed by atoms with van der Waals surface area (Å²) < 4.78 is 24.4. The Bertz CT molecular complexity index is 521. The standard InChI is InChI=1S/C12H18N2O2S/c1-14(17(2,15)16)11-6-4-3-5-10(11)9-12(13)7-8-12/h3-6H,7-9,13H2,1-2H3. The van der Waals surface area contributed by atoms with Crippen molar-refractivity contribution in [3.63, 3.8) is 0 Å². The molecule has 1 aliphatic rings. The molecule has 2 rings (SSSR count). The number of nitrogens with zero attached hydrogens (tertiary/aromatic N) is 1. The van der Waals surface area contributed by atoms with Crippen LogP contribution in [0.5, 0.6) is 0 Å². The first kappa shape index (κ1) is 12.4. The number of rotatable bonds is 4. The van der Waals surface area contributed by atoms with Crippen LogP contribution in [0.15, 0.2) is 24.3 Å². The van der Waals surface area contributed by atoms with E-state index in [1.807, 2.05) is 24.3 Å². The highest BCUT2D eigenvalue weighted by atomic mass is 32.2. The lowest BCUT2D eigenvalue weighted by atomic mass is 10.0. The number of benzene rings is 1. The third kappa shape index (κ3) is 2.79. The van der Waals surface area contributed by atoms with Crippen molar-refractivity contribution in [1.82, 2.24) is 0 Å². The lowest BCUT2D eigenvalue weighted by Crippen LogP contribution is -2.29. The summed E-state index contributed by atoms with van der Waals surface area (Å²) in [5.41, 5.74) is 7.70. The topological polar surface area (TPSA) is 63.4 Å². The Morgan fingerprint density at radius 2 is 1.94 bits per heavy atom. The van der Waals surface area contributed by atoms with Crippen LogP contribution in [0, 0.1) is 0 Å². The Morgan fingerprint density at radius 1 is 1.35 bits per heavy atom. The highest BCUT2D eigenvalue weighted by molar-refractivity contribution is 7.92. The van der Waals surface area contributed by atoms with Gasteiger partial charge in [-0.15, -0.1) is 0 Å². The van der Waals surface area contributed by atoms with Crippen LogP contribution >= 0.6 is 0 Å². The van der Waals surface area contributed by atoms with Gasteiger partial charge in [0.25, 0.3) is 0 Å². The summed E-state index contributed by atoms with van der Waals surface area (Å²) in [6.07, 6.45) is 3.98. The van der Waals surface area contributed by atoms with Gasteiger partial charge < -0.3 is 5.73 Å². The lowest BCUT2D eigenvalue weighted by molar-refractivity contribution is 0.599. The molecule has 1 fully saturated rings. The molecule has 0 unspecified atom stereocenters. The number of hydrogen-bond acceptors (Lipinski definition) is 3. The second-order valence-corrected chi connectivity index (χ2v) is 6.91. The van der Waals surface area contributed by atoms with Gasteiger partial charge in [-0.3, -0.25) is 4.31 Å². The summed E-state index contributed by atoms with van der Waals surface area (Å²) in [4.78, 5) is 0. The van der Waals surface area contributed by atoms with Crippen LogP contribution in [0.4, 0.5) is 5.69 Å². The SMILES string of the molecule is CN(c1ccccc1CC1(N)CC1)S(C)(=O)=O. The van der Waals surface area contributed by atoms with Gasteiger partial charge in [0.1, 0.15) is 0 Å².